The van der Waals surface area contributed by atoms with Gasteiger partial charge in [-0.1, -0.05) is 22.7 Å². The molecule has 3 aromatic heterocycles. The number of rotatable bonds is 7. The number of carbonyl (C=O) groups excluding carboxylic acids is 1. The van der Waals surface area contributed by atoms with Crippen LogP contribution in [0.5, 0.6) is 0 Å². The normalized spacial score (nSPS) is 10.9. The highest BCUT2D eigenvalue weighted by Gasteiger charge is 2.16. The molecule has 1 N–H and O–H groups in total. The Morgan fingerprint density at radius 3 is 2.68 bits per heavy atom. The van der Waals surface area contributed by atoms with Gasteiger partial charge in [0.25, 0.3) is 5.91 Å². The fourth-order valence-corrected chi connectivity index (χ4v) is 2.81. The fourth-order valence-electron chi connectivity index (χ4n) is 2.59. The summed E-state index contributed by atoms with van der Waals surface area (Å²) in [6.45, 7) is 0.0530. The number of nitrogens with zero attached hydrogens (tertiary/aromatic N) is 9. The van der Waals surface area contributed by atoms with Crippen LogP contribution in [0.2, 0.25) is 5.02 Å². The van der Waals surface area contributed by atoms with Crippen LogP contribution in [0.1, 0.15) is 16.1 Å². The molecule has 0 unspecified atom stereocenters. The van der Waals surface area contributed by atoms with Crippen LogP contribution in [-0.2, 0) is 13.2 Å². The van der Waals surface area contributed by atoms with E-state index in [1.165, 1.54) is 51.1 Å². The van der Waals surface area contributed by atoms with Crippen molar-refractivity contribution in [2.45, 2.75) is 13.2 Å². The molecule has 1 aromatic carbocycles. The highest BCUT2D eigenvalue weighted by atomic mass is 35.5. The predicted molar refractivity (Wildman–Crippen MR) is 103 cm³/mol. The molecule has 158 valence electrons. The molecule has 4 rings (SSSR count). The summed E-state index contributed by atoms with van der Waals surface area (Å²) >= 11 is 6.00. The van der Waals surface area contributed by atoms with Crippen LogP contribution < -0.4 is 5.32 Å². The second kappa shape index (κ2) is 8.27. The lowest BCUT2D eigenvalue weighted by Crippen LogP contribution is -2.16. The van der Waals surface area contributed by atoms with E-state index in [9.17, 15) is 19.3 Å². The van der Waals surface area contributed by atoms with Crippen molar-refractivity contribution in [3.05, 3.63) is 75.3 Å². The monoisotopic (exact) mass is 446 g/mol. The lowest BCUT2D eigenvalue weighted by atomic mass is 10.2. The average molecular weight is 447 g/mol. The molecule has 31 heavy (non-hydrogen) atoms. The molecule has 0 saturated heterocycles. The Bertz CT molecular complexity index is 1250. The number of hydrogen-bond acceptors (Lipinski definition) is 8. The Morgan fingerprint density at radius 1 is 1.13 bits per heavy atom. The minimum absolute atomic E-state index is 0.00101. The van der Waals surface area contributed by atoms with Crippen LogP contribution >= 0.6 is 11.6 Å². The van der Waals surface area contributed by atoms with E-state index in [2.05, 4.69) is 30.6 Å². The summed E-state index contributed by atoms with van der Waals surface area (Å²) in [6.07, 6.45) is 4.00. The van der Waals surface area contributed by atoms with Gasteiger partial charge in [-0.3, -0.25) is 10.1 Å². The third-order valence-corrected chi connectivity index (χ3v) is 4.35. The number of carbonyl (C=O) groups is 1. The Balaban J connectivity index is 1.39. The topological polar surface area (TPSA) is 151 Å². The minimum Gasteiger partial charge on any atom is -0.390 e. The number of amides is 1. The maximum atomic E-state index is 13.9. The molecular formula is C16H12ClFN10O3. The predicted octanol–water partition coefficient (Wildman–Crippen LogP) is 1.57. The average Bonchev–Trinajstić information content (AvgIpc) is 3.47. The molecule has 1 amide bonds. The summed E-state index contributed by atoms with van der Waals surface area (Å²) < 4.78 is 17.8. The van der Waals surface area contributed by atoms with Gasteiger partial charge in [0.05, 0.1) is 6.54 Å². The zero-order valence-electron chi connectivity index (χ0n) is 15.5. The summed E-state index contributed by atoms with van der Waals surface area (Å²) in [7, 11) is 0. The summed E-state index contributed by atoms with van der Waals surface area (Å²) in [5.74, 6) is -1.59. The molecule has 0 atom stereocenters. The van der Waals surface area contributed by atoms with Crippen LogP contribution in [0.15, 0.2) is 43.1 Å². The standard InChI is InChI=1S/C16H12ClFN10O3/c17-11-2-1-3-12(18)10(11)6-26-7-19-15(23-26)21-14(29)13-4-5-25(22-13)9-27-8-20-16(24-27)28(30)31/h1-5,7-8H,6,9H2,(H,21,23,29). The van der Waals surface area contributed by atoms with Gasteiger partial charge in [-0.2, -0.15) is 9.78 Å². The third-order valence-electron chi connectivity index (χ3n) is 3.99. The maximum Gasteiger partial charge on any atom is 0.491 e. The molecule has 15 heteroatoms. The SMILES string of the molecule is O=C(Nc1ncn(Cc2c(F)cccc2Cl)n1)c1ccn(Cn2cnc([N+](=O)[O-])n2)n1. The molecule has 3 heterocycles. The largest absolute Gasteiger partial charge is 0.491 e. The Labute approximate surface area is 177 Å². The van der Waals surface area contributed by atoms with Gasteiger partial charge in [0.2, 0.25) is 12.3 Å². The summed E-state index contributed by atoms with van der Waals surface area (Å²) in [5, 5.41) is 25.2. The van der Waals surface area contributed by atoms with E-state index in [1.54, 1.807) is 6.07 Å². The van der Waals surface area contributed by atoms with Crippen molar-refractivity contribution in [3.8, 4) is 0 Å². The molecule has 0 spiro atoms. The van der Waals surface area contributed by atoms with E-state index in [1.807, 2.05) is 0 Å². The summed E-state index contributed by atoms with van der Waals surface area (Å²) in [5.41, 5.74) is 0.308. The van der Waals surface area contributed by atoms with Crippen LogP contribution in [0, 0.1) is 15.9 Å². The van der Waals surface area contributed by atoms with Crippen molar-refractivity contribution in [1.29, 1.82) is 0 Å². The number of hydrogen-bond donors (Lipinski definition) is 1. The van der Waals surface area contributed by atoms with Crippen LogP contribution in [-0.4, -0.2) is 50.1 Å². The number of aromatic nitrogens is 8. The summed E-state index contributed by atoms with van der Waals surface area (Å²) in [6, 6.07) is 5.79. The van der Waals surface area contributed by atoms with Crippen molar-refractivity contribution in [2.24, 2.45) is 0 Å². The highest BCUT2D eigenvalue weighted by Crippen LogP contribution is 2.19. The molecule has 0 saturated carbocycles. The van der Waals surface area contributed by atoms with E-state index < -0.39 is 22.6 Å². The van der Waals surface area contributed by atoms with Gasteiger partial charge < -0.3 is 10.1 Å². The fraction of sp³-hybridized carbons (Fsp3) is 0.125. The van der Waals surface area contributed by atoms with Gasteiger partial charge in [0, 0.05) is 21.9 Å². The van der Waals surface area contributed by atoms with Gasteiger partial charge in [-0.25, -0.2) is 18.7 Å². The van der Waals surface area contributed by atoms with Crippen molar-refractivity contribution in [2.75, 3.05) is 5.32 Å². The van der Waals surface area contributed by atoms with E-state index >= 15 is 0 Å². The molecular weight excluding hydrogens is 435 g/mol. The van der Waals surface area contributed by atoms with Crippen LogP contribution in [0.25, 0.3) is 0 Å². The smallest absolute Gasteiger partial charge is 0.390 e. The quantitative estimate of drug-likeness (QED) is 0.331. The first-order valence-electron chi connectivity index (χ1n) is 8.60. The summed E-state index contributed by atoms with van der Waals surface area (Å²) in [4.78, 5) is 29.8. The van der Waals surface area contributed by atoms with Crippen molar-refractivity contribution >= 4 is 29.4 Å². The van der Waals surface area contributed by atoms with E-state index in [-0.39, 0.29) is 35.4 Å². The van der Waals surface area contributed by atoms with Gasteiger partial charge in [-0.05, 0) is 23.1 Å². The number of anilines is 1. The van der Waals surface area contributed by atoms with Crippen LogP contribution in [0.3, 0.4) is 0 Å². The molecule has 0 aliphatic carbocycles. The van der Waals surface area contributed by atoms with E-state index in [0.717, 1.165) is 0 Å². The van der Waals surface area contributed by atoms with Crippen molar-refractivity contribution in [3.63, 3.8) is 0 Å². The number of halogens is 2. The molecule has 0 radical (unpaired) electrons. The van der Waals surface area contributed by atoms with Crippen molar-refractivity contribution in [1.82, 2.24) is 39.3 Å². The molecule has 0 fully saturated rings. The Morgan fingerprint density at radius 2 is 1.94 bits per heavy atom. The third kappa shape index (κ3) is 4.53. The molecule has 0 aliphatic rings. The second-order valence-electron chi connectivity index (χ2n) is 6.14. The molecule has 0 aliphatic heterocycles. The zero-order chi connectivity index (χ0) is 22.0. The van der Waals surface area contributed by atoms with Gasteiger partial charge in [0.1, 0.15) is 12.1 Å². The first-order chi connectivity index (χ1) is 14.9. The second-order valence-corrected chi connectivity index (χ2v) is 6.55. The minimum atomic E-state index is -0.718. The van der Waals surface area contributed by atoms with Gasteiger partial charge in [-0.15, -0.1) is 5.10 Å². The Kier molecular flexibility index (Phi) is 5.36. The molecule has 0 bridgehead atoms. The van der Waals surface area contributed by atoms with Crippen molar-refractivity contribution < 1.29 is 14.1 Å². The molecule has 13 nitrogen and oxygen atoms in total. The van der Waals surface area contributed by atoms with Gasteiger partial charge in [0.15, 0.2) is 12.4 Å². The Hall–Kier alpha value is -4.20. The first kappa shape index (κ1) is 20.1. The number of nitrogens with one attached hydrogen (secondary N) is 1. The molecule has 4 aromatic rings. The first-order valence-corrected chi connectivity index (χ1v) is 8.98. The lowest BCUT2D eigenvalue weighted by molar-refractivity contribution is -0.394. The van der Waals surface area contributed by atoms with Crippen LogP contribution in [0.4, 0.5) is 16.3 Å². The zero-order valence-corrected chi connectivity index (χ0v) is 16.2. The van der Waals surface area contributed by atoms with E-state index in [0.29, 0.717) is 0 Å². The highest BCUT2D eigenvalue weighted by molar-refractivity contribution is 6.31. The van der Waals surface area contributed by atoms with E-state index in [4.69, 9.17) is 11.6 Å². The lowest BCUT2D eigenvalue weighted by Gasteiger charge is -2.05. The number of benzene rings is 1. The maximum absolute atomic E-state index is 13.9. The van der Waals surface area contributed by atoms with Gasteiger partial charge >= 0.3 is 5.95 Å². The number of nitro groups is 1.